The second-order valence-corrected chi connectivity index (χ2v) is 2.66. The molecule has 0 radical (unpaired) electrons. The molecule has 1 rings (SSSR count). The molecule has 1 unspecified atom stereocenters. The number of aliphatic hydroxyl groups is 1. The lowest BCUT2D eigenvalue weighted by molar-refractivity contribution is -0.113. The number of hydrogen-bond acceptors (Lipinski definition) is 3. The summed E-state index contributed by atoms with van der Waals surface area (Å²) in [6.45, 7) is 6.80. The minimum Gasteiger partial charge on any atom is -0.509 e. The molecule has 3 heteroatoms. The van der Waals surface area contributed by atoms with Crippen LogP contribution in [-0.4, -0.2) is 16.9 Å². The second kappa shape index (κ2) is 2.42. The number of Topliss-reactive ketones (excluding diaryl/α,β-unsaturated/α-hetero) is 1. The van der Waals surface area contributed by atoms with Crippen molar-refractivity contribution in [3.8, 4) is 0 Å². The first kappa shape index (κ1) is 7.85. The predicted molar refractivity (Wildman–Crippen MR) is 42.1 cm³/mol. The van der Waals surface area contributed by atoms with Crippen molar-refractivity contribution in [3.63, 3.8) is 0 Å². The molecule has 0 aromatic carbocycles. The molecule has 0 saturated carbocycles. The van der Waals surface area contributed by atoms with E-state index in [1.54, 1.807) is 6.92 Å². The van der Waals surface area contributed by atoms with Gasteiger partial charge in [-0.15, -0.1) is 0 Å². The molecule has 0 aliphatic carbocycles. The molecular weight excluding hydrogens is 142 g/mol. The van der Waals surface area contributed by atoms with Crippen molar-refractivity contribution in [2.45, 2.75) is 19.9 Å². The highest BCUT2D eigenvalue weighted by Gasteiger charge is 2.26. The van der Waals surface area contributed by atoms with Crippen LogP contribution in [-0.2, 0) is 4.79 Å². The summed E-state index contributed by atoms with van der Waals surface area (Å²) in [5.74, 6) is -0.0492. The lowest BCUT2D eigenvalue weighted by Gasteiger charge is -2.02. The van der Waals surface area contributed by atoms with Crippen LogP contribution in [0.4, 0.5) is 0 Å². The summed E-state index contributed by atoms with van der Waals surface area (Å²) in [5, 5.41) is 12.2. The Morgan fingerprint density at radius 3 is 2.45 bits per heavy atom. The Balaban J connectivity index is 3.07. The number of allylic oxidation sites excluding steroid dienone is 1. The van der Waals surface area contributed by atoms with Gasteiger partial charge in [0.1, 0.15) is 5.76 Å². The number of nitrogens with one attached hydrogen (secondary N) is 1. The smallest absolute Gasteiger partial charge is 0.165 e. The van der Waals surface area contributed by atoms with Crippen LogP contribution in [0.1, 0.15) is 13.8 Å². The molecule has 0 aromatic rings. The Labute approximate surface area is 65.4 Å². The van der Waals surface area contributed by atoms with Crippen LogP contribution in [0.5, 0.6) is 0 Å². The standard InChI is InChI=1S/C8H11NO2/c1-4-7(6(3)10)8(11)5(2)9-4/h5,9,11H,1H2,2-3H3. The lowest BCUT2D eigenvalue weighted by atomic mass is 10.1. The quantitative estimate of drug-likeness (QED) is 0.588. The van der Waals surface area contributed by atoms with Crippen molar-refractivity contribution in [1.29, 1.82) is 0 Å². The largest absolute Gasteiger partial charge is 0.509 e. The normalized spacial score (nSPS) is 23.8. The van der Waals surface area contributed by atoms with Crippen LogP contribution in [0.3, 0.4) is 0 Å². The van der Waals surface area contributed by atoms with Crippen LogP contribution in [0.15, 0.2) is 23.6 Å². The maximum absolute atomic E-state index is 10.9. The monoisotopic (exact) mass is 153 g/mol. The molecule has 3 nitrogen and oxygen atoms in total. The van der Waals surface area contributed by atoms with E-state index < -0.39 is 0 Å². The van der Waals surface area contributed by atoms with E-state index in [-0.39, 0.29) is 17.6 Å². The fourth-order valence-electron chi connectivity index (χ4n) is 1.17. The molecule has 11 heavy (non-hydrogen) atoms. The SMILES string of the molecule is C=C1NC(C)C(O)=C1C(C)=O. The van der Waals surface area contributed by atoms with E-state index in [1.807, 2.05) is 0 Å². The van der Waals surface area contributed by atoms with Crippen molar-refractivity contribution < 1.29 is 9.90 Å². The van der Waals surface area contributed by atoms with E-state index >= 15 is 0 Å². The van der Waals surface area contributed by atoms with Gasteiger partial charge < -0.3 is 10.4 Å². The summed E-state index contributed by atoms with van der Waals surface area (Å²) in [6.07, 6.45) is 0. The maximum atomic E-state index is 10.9. The molecule has 1 aliphatic heterocycles. The molecule has 2 N–H and O–H groups in total. The van der Waals surface area contributed by atoms with Gasteiger partial charge in [0.25, 0.3) is 0 Å². The molecule has 1 atom stereocenters. The van der Waals surface area contributed by atoms with Gasteiger partial charge in [-0.1, -0.05) is 6.58 Å². The molecule has 0 fully saturated rings. The maximum Gasteiger partial charge on any atom is 0.165 e. The number of carbonyl (C=O) groups is 1. The molecule has 0 bridgehead atoms. The van der Waals surface area contributed by atoms with Gasteiger partial charge in [0, 0.05) is 5.70 Å². The average Bonchev–Trinajstić information content (AvgIpc) is 2.07. The molecule has 0 spiro atoms. The molecular formula is C8H11NO2. The number of aliphatic hydroxyl groups excluding tert-OH is 1. The van der Waals surface area contributed by atoms with Gasteiger partial charge in [0.05, 0.1) is 11.6 Å². The summed E-state index contributed by atoms with van der Waals surface area (Å²) in [6, 6.07) is -0.179. The number of rotatable bonds is 1. The zero-order valence-corrected chi connectivity index (χ0v) is 6.64. The van der Waals surface area contributed by atoms with E-state index in [1.165, 1.54) is 6.92 Å². The van der Waals surface area contributed by atoms with Crippen molar-refractivity contribution in [3.05, 3.63) is 23.6 Å². The van der Waals surface area contributed by atoms with Gasteiger partial charge in [-0.05, 0) is 13.8 Å². The van der Waals surface area contributed by atoms with Crippen LogP contribution in [0.2, 0.25) is 0 Å². The minimum absolute atomic E-state index is 0.0995. The van der Waals surface area contributed by atoms with Crippen molar-refractivity contribution in [2.75, 3.05) is 0 Å². The summed E-state index contributed by atoms with van der Waals surface area (Å²) in [7, 11) is 0. The Morgan fingerprint density at radius 2 is 2.27 bits per heavy atom. The number of hydrogen-bond donors (Lipinski definition) is 2. The van der Waals surface area contributed by atoms with E-state index in [0.717, 1.165) is 0 Å². The molecule has 0 saturated heterocycles. The van der Waals surface area contributed by atoms with E-state index in [4.69, 9.17) is 0 Å². The van der Waals surface area contributed by atoms with E-state index in [2.05, 4.69) is 11.9 Å². The zero-order valence-electron chi connectivity index (χ0n) is 6.64. The first-order valence-electron chi connectivity index (χ1n) is 3.44. The molecule has 1 aliphatic rings. The minimum atomic E-state index is -0.179. The number of ketones is 1. The Morgan fingerprint density at radius 1 is 1.73 bits per heavy atom. The highest BCUT2D eigenvalue weighted by atomic mass is 16.3. The summed E-state index contributed by atoms with van der Waals surface area (Å²) >= 11 is 0. The van der Waals surface area contributed by atoms with Crippen LogP contribution >= 0.6 is 0 Å². The predicted octanol–water partition coefficient (Wildman–Crippen LogP) is 0.893. The first-order valence-corrected chi connectivity index (χ1v) is 3.44. The molecule has 1 heterocycles. The zero-order chi connectivity index (χ0) is 8.59. The van der Waals surface area contributed by atoms with Gasteiger partial charge in [-0.3, -0.25) is 4.79 Å². The van der Waals surface area contributed by atoms with Crippen molar-refractivity contribution >= 4 is 5.78 Å². The third-order valence-electron chi connectivity index (χ3n) is 1.71. The van der Waals surface area contributed by atoms with Gasteiger partial charge in [0.15, 0.2) is 5.78 Å². The first-order chi connectivity index (χ1) is 5.04. The van der Waals surface area contributed by atoms with Gasteiger partial charge in [-0.2, -0.15) is 0 Å². The van der Waals surface area contributed by atoms with Crippen LogP contribution < -0.4 is 5.32 Å². The van der Waals surface area contributed by atoms with E-state index in [0.29, 0.717) is 11.3 Å². The highest BCUT2D eigenvalue weighted by Crippen LogP contribution is 2.21. The molecule has 0 aromatic heterocycles. The van der Waals surface area contributed by atoms with Crippen LogP contribution in [0.25, 0.3) is 0 Å². The summed E-state index contributed by atoms with van der Waals surface area (Å²) < 4.78 is 0. The van der Waals surface area contributed by atoms with Crippen molar-refractivity contribution in [2.24, 2.45) is 0 Å². The van der Waals surface area contributed by atoms with Gasteiger partial charge in [0.2, 0.25) is 0 Å². The molecule has 60 valence electrons. The van der Waals surface area contributed by atoms with Crippen LogP contribution in [0, 0.1) is 0 Å². The third-order valence-corrected chi connectivity index (χ3v) is 1.71. The Hall–Kier alpha value is -1.25. The Kier molecular flexibility index (Phi) is 1.72. The van der Waals surface area contributed by atoms with Gasteiger partial charge >= 0.3 is 0 Å². The average molecular weight is 153 g/mol. The summed E-state index contributed by atoms with van der Waals surface area (Å²) in [5.41, 5.74) is 0.847. The number of carbonyl (C=O) groups excluding carboxylic acids is 1. The topological polar surface area (TPSA) is 49.3 Å². The van der Waals surface area contributed by atoms with E-state index in [9.17, 15) is 9.90 Å². The van der Waals surface area contributed by atoms with Crippen molar-refractivity contribution in [1.82, 2.24) is 5.32 Å². The second-order valence-electron chi connectivity index (χ2n) is 2.66. The summed E-state index contributed by atoms with van der Waals surface area (Å²) in [4.78, 5) is 10.9. The Bertz CT molecular complexity index is 253. The fraction of sp³-hybridized carbons (Fsp3) is 0.375. The highest BCUT2D eigenvalue weighted by molar-refractivity contribution is 5.98. The molecule has 0 amide bonds. The lowest BCUT2D eigenvalue weighted by Crippen LogP contribution is -2.19. The fourth-order valence-corrected chi connectivity index (χ4v) is 1.17. The van der Waals surface area contributed by atoms with Gasteiger partial charge in [-0.25, -0.2) is 0 Å². The third kappa shape index (κ3) is 1.13.